The molecule has 0 saturated carbocycles. The summed E-state index contributed by atoms with van der Waals surface area (Å²) in [6.07, 6.45) is 2.77. The Hall–Kier alpha value is -1.81. The number of thioether (sulfide) groups is 1. The highest BCUT2D eigenvalue weighted by molar-refractivity contribution is 7.98. The first kappa shape index (κ1) is 24.2. The van der Waals surface area contributed by atoms with Gasteiger partial charge in [-0.25, -0.2) is 4.79 Å². The first-order valence-corrected chi connectivity index (χ1v) is 9.88. The highest BCUT2D eigenvalue weighted by Crippen LogP contribution is 2.08. The molecule has 3 amide bonds. The van der Waals surface area contributed by atoms with Gasteiger partial charge in [0.15, 0.2) is 0 Å². The minimum Gasteiger partial charge on any atom is -0.480 e. The third-order valence-corrected chi connectivity index (χ3v) is 4.52. The van der Waals surface area contributed by atoms with Crippen molar-refractivity contribution in [1.29, 1.82) is 0 Å². The normalized spacial score (nSPS) is 15.3. The Labute approximate surface area is 158 Å². The molecule has 0 aliphatic heterocycles. The zero-order valence-corrected chi connectivity index (χ0v) is 16.5. The monoisotopic (exact) mass is 390 g/mol. The lowest BCUT2D eigenvalue weighted by atomic mass is 9.98. The molecule has 0 heterocycles. The summed E-state index contributed by atoms with van der Waals surface area (Å²) in [6, 6.07) is -2.58. The summed E-state index contributed by atoms with van der Waals surface area (Å²) in [4.78, 5) is 47.2. The summed E-state index contributed by atoms with van der Waals surface area (Å²) in [6.45, 7) is 4.81. The van der Waals surface area contributed by atoms with Crippen LogP contribution in [0.25, 0.3) is 0 Å². The molecule has 0 rings (SSSR count). The Balaban J connectivity index is 4.71. The quantitative estimate of drug-likeness (QED) is 0.296. The van der Waals surface area contributed by atoms with Gasteiger partial charge in [-0.05, 0) is 31.3 Å². The van der Waals surface area contributed by atoms with E-state index in [2.05, 4.69) is 16.0 Å². The molecule has 10 heteroatoms. The fraction of sp³-hybridized carbons (Fsp3) is 0.750. The molecule has 150 valence electrons. The number of carboxylic acids is 1. The van der Waals surface area contributed by atoms with E-state index in [9.17, 15) is 19.2 Å². The minimum atomic E-state index is -1.12. The molecule has 0 aliphatic carbocycles. The molecule has 0 bridgehead atoms. The van der Waals surface area contributed by atoms with Crippen molar-refractivity contribution in [2.45, 2.75) is 51.7 Å². The molecule has 26 heavy (non-hydrogen) atoms. The second-order valence-corrected chi connectivity index (χ2v) is 7.10. The number of carbonyl (C=O) groups excluding carboxylic acids is 3. The van der Waals surface area contributed by atoms with E-state index in [4.69, 9.17) is 10.8 Å². The molecule has 0 aromatic heterocycles. The van der Waals surface area contributed by atoms with Crippen LogP contribution in [0.3, 0.4) is 0 Å². The van der Waals surface area contributed by atoms with Gasteiger partial charge in [-0.2, -0.15) is 11.8 Å². The average Bonchev–Trinajstić information content (AvgIpc) is 2.59. The maximum atomic E-state index is 12.3. The van der Waals surface area contributed by atoms with Crippen LogP contribution in [0.15, 0.2) is 0 Å². The first-order chi connectivity index (χ1) is 12.1. The van der Waals surface area contributed by atoms with E-state index in [0.717, 1.165) is 0 Å². The number of amides is 3. The van der Waals surface area contributed by atoms with Crippen LogP contribution in [0.5, 0.6) is 0 Å². The standard InChI is InChI=1S/C16H30N4O5S/c1-5-9(2)13(20-14(22)10(3)17)15(23)18-8-12(21)19-11(16(24)25)6-7-26-4/h9-11,13H,5-8,17H2,1-4H3,(H,18,23)(H,19,21)(H,20,22)(H,24,25). The number of hydrogen-bond donors (Lipinski definition) is 5. The molecule has 0 fully saturated rings. The number of nitrogens with one attached hydrogen (secondary N) is 3. The molecular weight excluding hydrogens is 360 g/mol. The van der Waals surface area contributed by atoms with Crippen LogP contribution in [0.2, 0.25) is 0 Å². The van der Waals surface area contributed by atoms with Crippen LogP contribution in [-0.4, -0.2) is 65.5 Å². The summed E-state index contributed by atoms with van der Waals surface area (Å²) in [5, 5.41) is 16.5. The molecule has 0 aliphatic rings. The summed E-state index contributed by atoms with van der Waals surface area (Å²) in [5.74, 6) is -2.27. The Kier molecular flexibility index (Phi) is 11.7. The molecule has 0 spiro atoms. The topological polar surface area (TPSA) is 151 Å². The zero-order chi connectivity index (χ0) is 20.3. The van der Waals surface area contributed by atoms with Crippen LogP contribution in [-0.2, 0) is 19.2 Å². The van der Waals surface area contributed by atoms with Gasteiger partial charge in [0.05, 0.1) is 12.6 Å². The van der Waals surface area contributed by atoms with Crippen molar-refractivity contribution in [3.63, 3.8) is 0 Å². The number of carboxylic acid groups (broad SMARTS) is 1. The van der Waals surface area contributed by atoms with Gasteiger partial charge in [0.25, 0.3) is 0 Å². The number of hydrogen-bond acceptors (Lipinski definition) is 6. The van der Waals surface area contributed by atoms with E-state index in [1.54, 1.807) is 6.92 Å². The molecule has 6 N–H and O–H groups in total. The highest BCUT2D eigenvalue weighted by atomic mass is 32.2. The Morgan fingerprint density at radius 2 is 1.73 bits per heavy atom. The van der Waals surface area contributed by atoms with E-state index in [-0.39, 0.29) is 18.9 Å². The van der Waals surface area contributed by atoms with Crippen molar-refractivity contribution in [1.82, 2.24) is 16.0 Å². The van der Waals surface area contributed by atoms with Crippen LogP contribution in [0, 0.1) is 5.92 Å². The van der Waals surface area contributed by atoms with E-state index in [0.29, 0.717) is 12.2 Å². The smallest absolute Gasteiger partial charge is 0.326 e. The van der Waals surface area contributed by atoms with Crippen molar-refractivity contribution in [2.24, 2.45) is 11.7 Å². The maximum Gasteiger partial charge on any atom is 0.326 e. The molecule has 0 saturated heterocycles. The molecule has 0 aromatic rings. The third-order valence-electron chi connectivity index (χ3n) is 3.87. The minimum absolute atomic E-state index is 0.158. The molecular formula is C16H30N4O5S. The molecule has 4 atom stereocenters. The predicted octanol–water partition coefficient (Wildman–Crippen LogP) is -0.697. The van der Waals surface area contributed by atoms with Crippen LogP contribution < -0.4 is 21.7 Å². The first-order valence-electron chi connectivity index (χ1n) is 8.48. The Morgan fingerprint density at radius 1 is 1.12 bits per heavy atom. The second kappa shape index (κ2) is 12.5. The van der Waals surface area contributed by atoms with Gasteiger partial charge in [-0.15, -0.1) is 0 Å². The van der Waals surface area contributed by atoms with Crippen LogP contribution in [0.4, 0.5) is 0 Å². The Morgan fingerprint density at radius 3 is 2.19 bits per heavy atom. The predicted molar refractivity (Wildman–Crippen MR) is 101 cm³/mol. The zero-order valence-electron chi connectivity index (χ0n) is 15.7. The molecule has 9 nitrogen and oxygen atoms in total. The van der Waals surface area contributed by atoms with E-state index >= 15 is 0 Å². The van der Waals surface area contributed by atoms with Gasteiger partial charge in [0.2, 0.25) is 17.7 Å². The molecule has 4 unspecified atom stereocenters. The number of rotatable bonds is 12. The lowest BCUT2D eigenvalue weighted by molar-refractivity contribution is -0.141. The lowest BCUT2D eigenvalue weighted by Crippen LogP contribution is -2.55. The number of carbonyl (C=O) groups is 4. The highest BCUT2D eigenvalue weighted by Gasteiger charge is 2.27. The summed E-state index contributed by atoms with van der Waals surface area (Å²) in [5.41, 5.74) is 5.51. The van der Waals surface area contributed by atoms with Crippen molar-refractivity contribution < 1.29 is 24.3 Å². The SMILES string of the molecule is CCC(C)C(NC(=O)C(C)N)C(=O)NCC(=O)NC(CCSC)C(=O)O. The van der Waals surface area contributed by atoms with Gasteiger partial charge in [-0.1, -0.05) is 20.3 Å². The van der Waals surface area contributed by atoms with E-state index < -0.39 is 41.8 Å². The summed E-state index contributed by atoms with van der Waals surface area (Å²) in [7, 11) is 0. The Bertz CT molecular complexity index is 501. The number of nitrogens with two attached hydrogens (primary N) is 1. The molecule has 0 radical (unpaired) electrons. The maximum absolute atomic E-state index is 12.3. The number of aliphatic carboxylic acids is 1. The molecule has 0 aromatic carbocycles. The van der Waals surface area contributed by atoms with Gasteiger partial charge >= 0.3 is 5.97 Å². The summed E-state index contributed by atoms with van der Waals surface area (Å²) < 4.78 is 0. The largest absolute Gasteiger partial charge is 0.480 e. The van der Waals surface area contributed by atoms with Crippen LogP contribution in [0.1, 0.15) is 33.6 Å². The van der Waals surface area contributed by atoms with E-state index in [1.165, 1.54) is 18.7 Å². The van der Waals surface area contributed by atoms with Crippen molar-refractivity contribution in [3.8, 4) is 0 Å². The van der Waals surface area contributed by atoms with Crippen molar-refractivity contribution in [3.05, 3.63) is 0 Å². The van der Waals surface area contributed by atoms with Gasteiger partial charge in [0.1, 0.15) is 12.1 Å². The van der Waals surface area contributed by atoms with Gasteiger partial charge < -0.3 is 26.8 Å². The third kappa shape index (κ3) is 9.04. The van der Waals surface area contributed by atoms with Gasteiger partial charge in [0, 0.05) is 0 Å². The average molecular weight is 391 g/mol. The van der Waals surface area contributed by atoms with Crippen molar-refractivity contribution in [2.75, 3.05) is 18.6 Å². The fourth-order valence-electron chi connectivity index (χ4n) is 2.00. The van der Waals surface area contributed by atoms with Gasteiger partial charge in [-0.3, -0.25) is 14.4 Å². The lowest BCUT2D eigenvalue weighted by Gasteiger charge is -2.24. The van der Waals surface area contributed by atoms with Crippen molar-refractivity contribution >= 4 is 35.5 Å². The van der Waals surface area contributed by atoms with Crippen LogP contribution >= 0.6 is 11.8 Å². The fourth-order valence-corrected chi connectivity index (χ4v) is 2.47. The second-order valence-electron chi connectivity index (χ2n) is 6.12. The summed E-state index contributed by atoms with van der Waals surface area (Å²) >= 11 is 1.48. The van der Waals surface area contributed by atoms with E-state index in [1.807, 2.05) is 13.2 Å².